The van der Waals surface area contributed by atoms with E-state index in [4.69, 9.17) is 0 Å². The molecule has 0 nitrogen and oxygen atoms in total. The third-order valence-electron chi connectivity index (χ3n) is 4.40. The smallest absolute Gasteiger partial charge is 0.202 e. The van der Waals surface area contributed by atoms with E-state index in [1.807, 2.05) is 0 Å². The van der Waals surface area contributed by atoms with Gasteiger partial charge in [-0.2, -0.15) is 0 Å². The summed E-state index contributed by atoms with van der Waals surface area (Å²) >= 11 is 0. The van der Waals surface area contributed by atoms with Gasteiger partial charge in [-0.15, -0.1) is 0 Å². The van der Waals surface area contributed by atoms with Crippen LogP contribution in [-0.2, 0) is 0 Å². The van der Waals surface area contributed by atoms with Crippen molar-refractivity contribution in [2.45, 2.75) is 65.7 Å². The van der Waals surface area contributed by atoms with Gasteiger partial charge in [-0.25, -0.2) is 8.78 Å². The van der Waals surface area contributed by atoms with Crippen LogP contribution in [-0.4, -0.2) is 5.92 Å². The van der Waals surface area contributed by atoms with Crippen molar-refractivity contribution >= 4 is 0 Å². The van der Waals surface area contributed by atoms with E-state index < -0.39 is 5.92 Å². The Morgan fingerprint density at radius 1 is 0.950 bits per heavy atom. The van der Waals surface area contributed by atoms with Crippen molar-refractivity contribution in [1.29, 1.82) is 0 Å². The largest absolute Gasteiger partial charge is 0.266 e. The van der Waals surface area contributed by atoms with Gasteiger partial charge in [0.1, 0.15) is 0 Å². The summed E-state index contributed by atoms with van der Waals surface area (Å²) in [4.78, 5) is 0. The second-order valence-electron chi connectivity index (χ2n) is 6.83. The number of alkyl halides is 2. The van der Waals surface area contributed by atoms with Crippen LogP contribution in [0, 0.1) is 23.7 Å². The molecular formula is C18H30F2. The third-order valence-corrected chi connectivity index (χ3v) is 4.40. The van der Waals surface area contributed by atoms with Crippen molar-refractivity contribution in [2.24, 2.45) is 23.7 Å². The second-order valence-corrected chi connectivity index (χ2v) is 6.83. The molecule has 0 spiro atoms. The molecule has 2 aliphatic carbocycles. The monoisotopic (exact) mass is 284 g/mol. The molecule has 0 aromatic carbocycles. The molecule has 116 valence electrons. The number of hydrogen-bond acceptors (Lipinski definition) is 0. The molecule has 2 heteroatoms. The Morgan fingerprint density at radius 3 is 1.90 bits per heavy atom. The van der Waals surface area contributed by atoms with Crippen molar-refractivity contribution in [3.05, 3.63) is 24.3 Å². The maximum atomic E-state index is 12.6. The maximum Gasteiger partial charge on any atom is 0.266 e. The Balaban J connectivity index is 0.000000204. The van der Waals surface area contributed by atoms with E-state index >= 15 is 0 Å². The van der Waals surface area contributed by atoms with Gasteiger partial charge < -0.3 is 0 Å². The number of hydrogen-bond donors (Lipinski definition) is 0. The van der Waals surface area contributed by atoms with Gasteiger partial charge in [-0.1, -0.05) is 45.9 Å². The minimum atomic E-state index is -2.54. The molecule has 2 rings (SSSR count). The Kier molecular flexibility index (Phi) is 6.91. The quantitative estimate of drug-likeness (QED) is 0.526. The average molecular weight is 284 g/mol. The summed E-state index contributed by atoms with van der Waals surface area (Å²) in [5.41, 5.74) is 0. The van der Waals surface area contributed by atoms with Gasteiger partial charge in [-0.3, -0.25) is 0 Å². The molecule has 20 heavy (non-hydrogen) atoms. The molecule has 0 saturated heterocycles. The van der Waals surface area contributed by atoms with E-state index in [9.17, 15) is 8.78 Å². The van der Waals surface area contributed by atoms with E-state index in [-0.39, 0.29) is 6.42 Å². The SMILES string of the molecule is CC(C)C1C=CC(F)(F)CC1.CC(C)C1C=CCCC1. The minimum Gasteiger partial charge on any atom is -0.202 e. The first-order valence-electron chi connectivity index (χ1n) is 8.05. The summed E-state index contributed by atoms with van der Waals surface area (Å²) in [5, 5.41) is 0. The van der Waals surface area contributed by atoms with E-state index in [0.717, 1.165) is 17.9 Å². The van der Waals surface area contributed by atoms with Gasteiger partial charge in [0.25, 0.3) is 5.92 Å². The molecule has 0 heterocycles. The number of halogens is 2. The lowest BCUT2D eigenvalue weighted by Crippen LogP contribution is -2.21. The van der Waals surface area contributed by atoms with Crippen LogP contribution >= 0.6 is 0 Å². The van der Waals surface area contributed by atoms with Crippen LogP contribution in [0.3, 0.4) is 0 Å². The third kappa shape index (κ3) is 6.19. The zero-order valence-electron chi connectivity index (χ0n) is 13.4. The standard InChI is InChI=1S/C9H14F2.C9H16/c1-7(2)8-3-5-9(10,11)6-4-8;1-8(2)9-6-4-3-5-7-9/h3,5,7-8H,4,6H2,1-2H3;4,6,8-9H,3,5,7H2,1-2H3. The molecule has 0 amide bonds. The van der Waals surface area contributed by atoms with Crippen molar-refractivity contribution in [3.8, 4) is 0 Å². The van der Waals surface area contributed by atoms with Gasteiger partial charge in [0.15, 0.2) is 0 Å². The summed E-state index contributed by atoms with van der Waals surface area (Å²) in [6.45, 7) is 8.75. The lowest BCUT2D eigenvalue weighted by atomic mass is 9.85. The zero-order chi connectivity index (χ0) is 15.2. The molecule has 0 fully saturated rings. The Morgan fingerprint density at radius 2 is 1.55 bits per heavy atom. The van der Waals surface area contributed by atoms with Crippen molar-refractivity contribution in [1.82, 2.24) is 0 Å². The molecule has 0 saturated carbocycles. The average Bonchev–Trinajstić information content (AvgIpc) is 2.40. The van der Waals surface area contributed by atoms with Crippen LogP contribution in [0.4, 0.5) is 8.78 Å². The molecule has 0 aromatic heterocycles. The fourth-order valence-corrected chi connectivity index (χ4v) is 2.75. The van der Waals surface area contributed by atoms with E-state index in [0.29, 0.717) is 18.3 Å². The van der Waals surface area contributed by atoms with Crippen LogP contribution < -0.4 is 0 Å². The predicted octanol–water partition coefficient (Wildman–Crippen LogP) is 6.24. The molecule has 2 unspecified atom stereocenters. The Labute approximate surface area is 123 Å². The second kappa shape index (κ2) is 7.95. The summed E-state index contributed by atoms with van der Waals surface area (Å²) in [6, 6.07) is 0. The summed E-state index contributed by atoms with van der Waals surface area (Å²) in [5.74, 6) is 0.0306. The first kappa shape index (κ1) is 17.4. The van der Waals surface area contributed by atoms with Gasteiger partial charge in [-0.05, 0) is 55.4 Å². The fraction of sp³-hybridized carbons (Fsp3) is 0.778. The lowest BCUT2D eigenvalue weighted by molar-refractivity contribution is 0.0305. The maximum absolute atomic E-state index is 12.6. The Bertz CT molecular complexity index is 326. The molecule has 0 N–H and O–H groups in total. The summed E-state index contributed by atoms with van der Waals surface area (Å²) < 4.78 is 25.1. The first-order chi connectivity index (χ1) is 9.32. The normalized spacial score (nSPS) is 28.4. The lowest BCUT2D eigenvalue weighted by Gasteiger charge is -2.24. The highest BCUT2D eigenvalue weighted by atomic mass is 19.3. The summed E-state index contributed by atoms with van der Waals surface area (Å²) in [6.07, 6.45) is 12.2. The van der Waals surface area contributed by atoms with Crippen LogP contribution in [0.2, 0.25) is 0 Å². The molecular weight excluding hydrogens is 254 g/mol. The molecule has 2 aliphatic rings. The highest BCUT2D eigenvalue weighted by molar-refractivity contribution is 5.03. The number of rotatable bonds is 2. The molecule has 0 bridgehead atoms. The summed E-state index contributed by atoms with van der Waals surface area (Å²) in [7, 11) is 0. The van der Waals surface area contributed by atoms with E-state index in [2.05, 4.69) is 39.8 Å². The highest BCUT2D eigenvalue weighted by Crippen LogP contribution is 2.33. The van der Waals surface area contributed by atoms with Gasteiger partial charge >= 0.3 is 0 Å². The molecule has 0 radical (unpaired) electrons. The van der Waals surface area contributed by atoms with Gasteiger partial charge in [0.05, 0.1) is 0 Å². The Hall–Kier alpha value is -0.660. The van der Waals surface area contributed by atoms with Gasteiger partial charge in [0, 0.05) is 6.42 Å². The van der Waals surface area contributed by atoms with Crippen molar-refractivity contribution in [3.63, 3.8) is 0 Å². The highest BCUT2D eigenvalue weighted by Gasteiger charge is 2.30. The van der Waals surface area contributed by atoms with Crippen LogP contribution in [0.25, 0.3) is 0 Å². The van der Waals surface area contributed by atoms with Crippen LogP contribution in [0.5, 0.6) is 0 Å². The van der Waals surface area contributed by atoms with Gasteiger partial charge in [0.2, 0.25) is 0 Å². The first-order valence-corrected chi connectivity index (χ1v) is 8.05. The van der Waals surface area contributed by atoms with E-state index in [1.165, 1.54) is 19.3 Å². The van der Waals surface area contributed by atoms with Crippen LogP contribution in [0.1, 0.15) is 59.8 Å². The minimum absolute atomic E-state index is 0.0202. The van der Waals surface area contributed by atoms with E-state index in [1.54, 1.807) is 6.08 Å². The molecule has 0 aliphatic heterocycles. The van der Waals surface area contributed by atoms with Crippen LogP contribution in [0.15, 0.2) is 24.3 Å². The molecule has 0 aromatic rings. The number of allylic oxidation sites excluding steroid dienone is 4. The zero-order valence-corrected chi connectivity index (χ0v) is 13.4. The van der Waals surface area contributed by atoms with Crippen molar-refractivity contribution < 1.29 is 8.78 Å². The fourth-order valence-electron chi connectivity index (χ4n) is 2.75. The van der Waals surface area contributed by atoms with Crippen molar-refractivity contribution in [2.75, 3.05) is 0 Å². The molecule has 2 atom stereocenters. The topological polar surface area (TPSA) is 0 Å². The predicted molar refractivity (Wildman–Crippen MR) is 83.0 cm³/mol.